The Hall–Kier alpha value is -0.375. The van der Waals surface area contributed by atoms with Crippen LogP contribution < -0.4 is 0 Å². The van der Waals surface area contributed by atoms with Crippen LogP contribution in [0, 0.1) is 40.9 Å². The molecule has 2 nitrogen and oxygen atoms in total. The number of rotatable bonds is 3. The average Bonchev–Trinajstić information content (AvgIpc) is 2.98. The largest absolute Gasteiger partial charge is 0.387 e. The lowest BCUT2D eigenvalue weighted by molar-refractivity contribution is -0.131. The Morgan fingerprint density at radius 3 is 2.56 bits per heavy atom. The van der Waals surface area contributed by atoms with Crippen molar-refractivity contribution in [3.05, 3.63) is 0 Å². The van der Waals surface area contributed by atoms with Crippen LogP contribution in [0.25, 0.3) is 0 Å². The van der Waals surface area contributed by atoms with Gasteiger partial charge in [-0.1, -0.05) is 6.92 Å². The van der Waals surface area contributed by atoms with E-state index in [9.17, 15) is 14.3 Å². The van der Waals surface area contributed by atoms with E-state index in [0.29, 0.717) is 42.7 Å². The molecule has 0 unspecified atom stereocenters. The molecule has 0 amide bonds. The van der Waals surface area contributed by atoms with Crippen LogP contribution in [-0.4, -0.2) is 31.0 Å². The highest BCUT2D eigenvalue weighted by Gasteiger charge is 2.58. The Balaban J connectivity index is 1.52. The molecule has 0 aliphatic heterocycles. The van der Waals surface area contributed by atoms with Crippen molar-refractivity contribution in [1.29, 1.82) is 0 Å². The van der Waals surface area contributed by atoms with Gasteiger partial charge in [-0.25, -0.2) is 4.39 Å². The molecule has 4 aliphatic carbocycles. The molecule has 4 rings (SSSR count). The molecule has 4 heteroatoms. The summed E-state index contributed by atoms with van der Waals surface area (Å²) in [5, 5.41) is 10.4. The third-order valence-corrected chi connectivity index (χ3v) is 9.09. The summed E-state index contributed by atoms with van der Waals surface area (Å²) in [6, 6.07) is 0. The molecule has 0 saturated heterocycles. The Morgan fingerprint density at radius 2 is 1.84 bits per heavy atom. The number of carbonyl (C=O) groups is 1. The summed E-state index contributed by atoms with van der Waals surface area (Å²) in [6.07, 6.45) is 10.2. The molecular formula is C21H34BFO2. The van der Waals surface area contributed by atoms with Crippen LogP contribution in [0.4, 0.5) is 4.39 Å². The zero-order valence-electron chi connectivity index (χ0n) is 16.0. The molecule has 4 saturated carbocycles. The highest BCUT2D eigenvalue weighted by molar-refractivity contribution is 6.20. The number of halogens is 1. The van der Waals surface area contributed by atoms with Crippen molar-refractivity contribution >= 4 is 13.6 Å². The second-order valence-corrected chi connectivity index (χ2v) is 10.0. The van der Waals surface area contributed by atoms with Gasteiger partial charge in [-0.05, 0) is 99.1 Å². The fraction of sp³-hybridized carbons (Fsp3) is 0.952. The van der Waals surface area contributed by atoms with Crippen LogP contribution in [0.5, 0.6) is 0 Å². The lowest BCUT2D eigenvalue weighted by Gasteiger charge is -2.57. The van der Waals surface area contributed by atoms with Gasteiger partial charge in [0.25, 0.3) is 0 Å². The fourth-order valence-electron chi connectivity index (χ4n) is 7.86. The molecule has 140 valence electrons. The van der Waals surface area contributed by atoms with Gasteiger partial charge in [-0.2, -0.15) is 0 Å². The van der Waals surface area contributed by atoms with E-state index in [1.807, 2.05) is 7.85 Å². The van der Waals surface area contributed by atoms with E-state index in [4.69, 9.17) is 0 Å². The van der Waals surface area contributed by atoms with E-state index >= 15 is 0 Å². The van der Waals surface area contributed by atoms with Crippen molar-refractivity contribution < 1.29 is 14.3 Å². The van der Waals surface area contributed by atoms with Crippen molar-refractivity contribution in [3.8, 4) is 0 Å². The Bertz CT molecular complexity index is 540. The molecule has 0 radical (unpaired) electrons. The number of hydrogen-bond acceptors (Lipinski definition) is 2. The number of Topliss-reactive ketones (excluding diaryl/α,β-unsaturated/α-hetero) is 1. The van der Waals surface area contributed by atoms with Crippen molar-refractivity contribution in [2.75, 3.05) is 6.67 Å². The van der Waals surface area contributed by atoms with Crippen molar-refractivity contribution in [3.63, 3.8) is 0 Å². The van der Waals surface area contributed by atoms with Crippen LogP contribution >= 0.6 is 0 Å². The first-order valence-electron chi connectivity index (χ1n) is 10.7. The summed E-state index contributed by atoms with van der Waals surface area (Å²) in [6.45, 7) is 1.83. The molecule has 1 N–H and O–H groups in total. The van der Waals surface area contributed by atoms with Gasteiger partial charge in [0.15, 0.2) is 0 Å². The molecule has 0 aromatic heterocycles. The second-order valence-electron chi connectivity index (χ2n) is 10.0. The zero-order valence-corrected chi connectivity index (χ0v) is 16.0. The van der Waals surface area contributed by atoms with E-state index in [1.54, 1.807) is 0 Å². The first kappa shape index (κ1) is 18.0. The van der Waals surface area contributed by atoms with Gasteiger partial charge in [0.05, 0.1) is 5.60 Å². The Morgan fingerprint density at radius 1 is 1.08 bits per heavy atom. The summed E-state index contributed by atoms with van der Waals surface area (Å²) in [7, 11) is 2.02. The van der Waals surface area contributed by atoms with Gasteiger partial charge in [-0.15, -0.1) is 0 Å². The third kappa shape index (κ3) is 2.73. The molecule has 0 spiro atoms. The Labute approximate surface area is 152 Å². The average molecular weight is 348 g/mol. The second kappa shape index (κ2) is 6.35. The first-order chi connectivity index (χ1) is 11.9. The predicted octanol–water partition coefficient (Wildman–Crippen LogP) is 3.58. The minimum absolute atomic E-state index is 0.232. The van der Waals surface area contributed by atoms with Gasteiger partial charge in [-0.3, -0.25) is 0 Å². The van der Waals surface area contributed by atoms with Gasteiger partial charge in [0.2, 0.25) is 0 Å². The number of alkyl halides is 1. The number of hydrogen-bond donors (Lipinski definition) is 1. The Kier molecular flexibility index (Phi) is 4.58. The maximum absolute atomic E-state index is 13.3. The number of carbonyl (C=O) groups excluding carboxylic acids is 1. The van der Waals surface area contributed by atoms with Crippen molar-refractivity contribution in [1.82, 2.24) is 0 Å². The topological polar surface area (TPSA) is 37.3 Å². The van der Waals surface area contributed by atoms with E-state index in [-0.39, 0.29) is 5.41 Å². The minimum atomic E-state index is -1.04. The highest BCUT2D eigenvalue weighted by atomic mass is 19.1. The molecule has 4 aliphatic rings. The van der Waals surface area contributed by atoms with Gasteiger partial charge < -0.3 is 9.90 Å². The normalized spacial score (nSPS) is 52.1. The highest BCUT2D eigenvalue weighted by Crippen LogP contribution is 2.64. The molecule has 8 atom stereocenters. The summed E-state index contributed by atoms with van der Waals surface area (Å²) in [5.74, 6) is 4.25. The lowest BCUT2D eigenvalue weighted by Crippen LogP contribution is -2.51. The zero-order chi connectivity index (χ0) is 17.8. The minimum Gasteiger partial charge on any atom is -0.387 e. The predicted molar refractivity (Wildman–Crippen MR) is 99.9 cm³/mol. The summed E-state index contributed by atoms with van der Waals surface area (Å²) in [4.78, 5) is 12.5. The molecule has 0 heterocycles. The molecule has 25 heavy (non-hydrogen) atoms. The molecular weight excluding hydrogens is 314 g/mol. The SMILES string of the molecule is BCC(=O)[C@H]1CC[C@H]2[C@@H]3CC[C@@H]4C[C@@](O)(CF)CC[C@@H]4[C@H]3CC[C@]12C. The fourth-order valence-corrected chi connectivity index (χ4v) is 7.86. The van der Waals surface area contributed by atoms with Crippen molar-refractivity contribution in [2.45, 2.75) is 76.6 Å². The summed E-state index contributed by atoms with van der Waals surface area (Å²) < 4.78 is 13.3. The van der Waals surface area contributed by atoms with E-state index in [1.165, 1.54) is 25.7 Å². The summed E-state index contributed by atoms with van der Waals surface area (Å²) in [5.41, 5.74) is -0.807. The monoisotopic (exact) mass is 348 g/mol. The quantitative estimate of drug-likeness (QED) is 0.792. The molecule has 4 fully saturated rings. The van der Waals surface area contributed by atoms with Gasteiger partial charge >= 0.3 is 0 Å². The molecule has 0 aromatic carbocycles. The van der Waals surface area contributed by atoms with Crippen LogP contribution in [0.15, 0.2) is 0 Å². The number of ketones is 1. The molecule has 0 aromatic rings. The van der Waals surface area contributed by atoms with E-state index in [0.717, 1.165) is 37.0 Å². The van der Waals surface area contributed by atoms with Crippen LogP contribution in [0.2, 0.25) is 6.32 Å². The maximum Gasteiger partial charge on any atom is 0.128 e. The molecule has 0 bridgehead atoms. The van der Waals surface area contributed by atoms with E-state index < -0.39 is 12.3 Å². The standard InChI is InChI=1S/C21H34BFO2/c1-20-8-6-15-14-7-9-21(25,12-23)10-13(14)2-3-16(15)17(20)4-5-18(20)19(24)11-22/h13-18,25H,2-12,22H2,1H3/t13-,14+,15-,16-,17+,18-,20+,21-/m1/s1. The first-order valence-corrected chi connectivity index (χ1v) is 10.7. The maximum atomic E-state index is 13.3. The number of fused-ring (bicyclic) bond motifs is 5. The lowest BCUT2D eigenvalue weighted by atomic mass is 9.48. The van der Waals surface area contributed by atoms with Crippen molar-refractivity contribution in [2.24, 2.45) is 40.9 Å². The third-order valence-electron chi connectivity index (χ3n) is 9.09. The number of aliphatic hydroxyl groups is 1. The van der Waals surface area contributed by atoms with E-state index in [2.05, 4.69) is 6.92 Å². The van der Waals surface area contributed by atoms with Crippen LogP contribution in [0.3, 0.4) is 0 Å². The van der Waals surface area contributed by atoms with Crippen LogP contribution in [0.1, 0.15) is 64.7 Å². The van der Waals surface area contributed by atoms with Gasteiger partial charge in [0.1, 0.15) is 20.3 Å². The van der Waals surface area contributed by atoms with Crippen LogP contribution in [-0.2, 0) is 4.79 Å². The summed E-state index contributed by atoms with van der Waals surface area (Å²) >= 11 is 0. The smallest absolute Gasteiger partial charge is 0.128 e. The van der Waals surface area contributed by atoms with Gasteiger partial charge in [0, 0.05) is 5.92 Å².